The Balaban J connectivity index is 1.29. The van der Waals surface area contributed by atoms with Crippen LogP contribution in [0.4, 0.5) is 8.78 Å². The zero-order valence-corrected chi connectivity index (χ0v) is 19.4. The molecule has 4 heteroatoms. The van der Waals surface area contributed by atoms with Gasteiger partial charge in [-0.05, 0) is 92.4 Å². The summed E-state index contributed by atoms with van der Waals surface area (Å²) in [6.45, 7) is 5.11. The maximum atomic E-state index is 14.6. The van der Waals surface area contributed by atoms with E-state index in [1.54, 1.807) is 19.1 Å². The first-order valence-corrected chi connectivity index (χ1v) is 12.4. The van der Waals surface area contributed by atoms with Crippen molar-refractivity contribution < 1.29 is 18.3 Å². The Hall–Kier alpha value is -1.94. The lowest BCUT2D eigenvalue weighted by molar-refractivity contribution is -0.0391. The second-order valence-corrected chi connectivity index (χ2v) is 9.48. The van der Waals surface area contributed by atoms with Crippen molar-refractivity contribution in [3.05, 3.63) is 64.7 Å². The van der Waals surface area contributed by atoms with Gasteiger partial charge in [-0.15, -0.1) is 0 Å². The molecule has 1 aliphatic carbocycles. The summed E-state index contributed by atoms with van der Waals surface area (Å²) in [7, 11) is 0. The number of hydrogen-bond donors (Lipinski definition) is 0. The molecule has 1 saturated heterocycles. The summed E-state index contributed by atoms with van der Waals surface area (Å²) in [6, 6.07) is 12.2. The lowest BCUT2D eigenvalue weighted by atomic mass is 9.72. The second kappa shape index (κ2) is 10.8. The SMILES string of the molecule is CCCc1ccc(C2CCC(C3CCC(c4ccc(OCC)c(F)c4F)CC3)CO2)cc1. The lowest BCUT2D eigenvalue weighted by Crippen LogP contribution is -2.29. The van der Waals surface area contributed by atoms with E-state index in [2.05, 4.69) is 31.2 Å². The van der Waals surface area contributed by atoms with Gasteiger partial charge < -0.3 is 9.47 Å². The molecular weight excluding hydrogens is 406 g/mol. The molecule has 4 rings (SSSR count). The van der Waals surface area contributed by atoms with Crippen molar-refractivity contribution >= 4 is 0 Å². The molecule has 0 N–H and O–H groups in total. The van der Waals surface area contributed by atoms with Gasteiger partial charge in [-0.25, -0.2) is 4.39 Å². The van der Waals surface area contributed by atoms with Gasteiger partial charge in [0.1, 0.15) is 0 Å². The van der Waals surface area contributed by atoms with Crippen LogP contribution in [-0.4, -0.2) is 13.2 Å². The number of ether oxygens (including phenoxy) is 2. The molecule has 1 heterocycles. The highest BCUT2D eigenvalue weighted by atomic mass is 19.2. The van der Waals surface area contributed by atoms with Crippen LogP contribution in [0, 0.1) is 23.5 Å². The van der Waals surface area contributed by atoms with E-state index in [9.17, 15) is 8.78 Å². The Bertz CT molecular complexity index is 864. The normalized spacial score (nSPS) is 26.1. The molecule has 2 aromatic rings. The van der Waals surface area contributed by atoms with Gasteiger partial charge in [0.15, 0.2) is 11.6 Å². The van der Waals surface area contributed by atoms with E-state index in [1.165, 1.54) is 24.0 Å². The van der Waals surface area contributed by atoms with Crippen LogP contribution in [-0.2, 0) is 11.2 Å². The van der Waals surface area contributed by atoms with Crippen LogP contribution in [0.15, 0.2) is 36.4 Å². The average molecular weight is 443 g/mol. The first kappa shape index (κ1) is 23.2. The summed E-state index contributed by atoms with van der Waals surface area (Å²) in [5.74, 6) is -0.274. The molecule has 1 saturated carbocycles. The van der Waals surface area contributed by atoms with Crippen LogP contribution in [0.5, 0.6) is 5.75 Å². The van der Waals surface area contributed by atoms with E-state index in [-0.39, 0.29) is 17.8 Å². The van der Waals surface area contributed by atoms with E-state index in [0.717, 1.165) is 45.1 Å². The first-order chi connectivity index (χ1) is 15.6. The minimum absolute atomic E-state index is 0.0105. The Morgan fingerprint density at radius 2 is 1.56 bits per heavy atom. The maximum absolute atomic E-state index is 14.6. The van der Waals surface area contributed by atoms with Gasteiger partial charge in [0, 0.05) is 0 Å². The monoisotopic (exact) mass is 442 g/mol. The van der Waals surface area contributed by atoms with E-state index >= 15 is 0 Å². The fourth-order valence-corrected chi connectivity index (χ4v) is 5.62. The van der Waals surface area contributed by atoms with Crippen molar-refractivity contribution in [3.8, 4) is 5.75 Å². The molecule has 2 nitrogen and oxygen atoms in total. The summed E-state index contributed by atoms with van der Waals surface area (Å²) in [6.07, 6.45) is 8.69. The topological polar surface area (TPSA) is 18.5 Å². The average Bonchev–Trinajstić information content (AvgIpc) is 2.83. The van der Waals surface area contributed by atoms with Gasteiger partial charge in [-0.1, -0.05) is 43.7 Å². The summed E-state index contributed by atoms with van der Waals surface area (Å²) in [5, 5.41) is 0. The van der Waals surface area contributed by atoms with Gasteiger partial charge in [-0.2, -0.15) is 4.39 Å². The maximum Gasteiger partial charge on any atom is 0.200 e. The number of halogens is 2. The molecule has 0 bridgehead atoms. The zero-order chi connectivity index (χ0) is 22.5. The van der Waals surface area contributed by atoms with E-state index in [1.807, 2.05) is 0 Å². The predicted octanol–water partition coefficient (Wildman–Crippen LogP) is 7.76. The van der Waals surface area contributed by atoms with Crippen LogP contribution < -0.4 is 4.74 Å². The van der Waals surface area contributed by atoms with E-state index in [4.69, 9.17) is 9.47 Å². The number of aryl methyl sites for hydroxylation is 1. The highest BCUT2D eigenvalue weighted by molar-refractivity contribution is 5.33. The van der Waals surface area contributed by atoms with Crippen molar-refractivity contribution in [2.75, 3.05) is 13.2 Å². The number of rotatable bonds is 7. The first-order valence-electron chi connectivity index (χ1n) is 12.4. The summed E-state index contributed by atoms with van der Waals surface area (Å²) in [5.41, 5.74) is 3.20. The molecule has 2 atom stereocenters. The zero-order valence-electron chi connectivity index (χ0n) is 19.4. The molecule has 2 aromatic carbocycles. The van der Waals surface area contributed by atoms with Crippen molar-refractivity contribution in [3.63, 3.8) is 0 Å². The highest BCUT2D eigenvalue weighted by Gasteiger charge is 2.33. The fraction of sp³-hybridized carbons (Fsp3) is 0.571. The van der Waals surface area contributed by atoms with Crippen LogP contribution in [0.3, 0.4) is 0 Å². The van der Waals surface area contributed by atoms with Crippen LogP contribution >= 0.6 is 0 Å². The largest absolute Gasteiger partial charge is 0.491 e. The van der Waals surface area contributed by atoms with E-state index in [0.29, 0.717) is 24.0 Å². The fourth-order valence-electron chi connectivity index (χ4n) is 5.62. The van der Waals surface area contributed by atoms with Crippen molar-refractivity contribution in [2.24, 2.45) is 11.8 Å². The molecule has 1 aliphatic heterocycles. The summed E-state index contributed by atoms with van der Waals surface area (Å²) < 4.78 is 40.4. The van der Waals surface area contributed by atoms with Gasteiger partial charge in [0.05, 0.1) is 19.3 Å². The van der Waals surface area contributed by atoms with Gasteiger partial charge in [0.2, 0.25) is 5.82 Å². The Morgan fingerprint density at radius 3 is 2.19 bits per heavy atom. The molecule has 2 unspecified atom stereocenters. The molecule has 0 aromatic heterocycles. The third-order valence-corrected chi connectivity index (χ3v) is 7.46. The molecule has 174 valence electrons. The molecule has 32 heavy (non-hydrogen) atoms. The highest BCUT2D eigenvalue weighted by Crippen LogP contribution is 2.44. The van der Waals surface area contributed by atoms with Gasteiger partial charge in [-0.3, -0.25) is 0 Å². The molecule has 0 spiro atoms. The minimum Gasteiger partial charge on any atom is -0.491 e. The quantitative estimate of drug-likeness (QED) is 0.436. The molecular formula is C28H36F2O2. The Morgan fingerprint density at radius 1 is 0.844 bits per heavy atom. The smallest absolute Gasteiger partial charge is 0.200 e. The molecule has 0 radical (unpaired) electrons. The van der Waals surface area contributed by atoms with Crippen molar-refractivity contribution in [1.29, 1.82) is 0 Å². The summed E-state index contributed by atoms with van der Waals surface area (Å²) in [4.78, 5) is 0. The van der Waals surface area contributed by atoms with Gasteiger partial charge in [0.25, 0.3) is 0 Å². The molecule has 2 fully saturated rings. The number of benzene rings is 2. The number of hydrogen-bond acceptors (Lipinski definition) is 2. The predicted molar refractivity (Wildman–Crippen MR) is 124 cm³/mol. The molecule has 0 amide bonds. The van der Waals surface area contributed by atoms with Crippen LogP contribution in [0.2, 0.25) is 0 Å². The third kappa shape index (κ3) is 5.17. The summed E-state index contributed by atoms with van der Waals surface area (Å²) >= 11 is 0. The minimum atomic E-state index is -0.846. The second-order valence-electron chi connectivity index (χ2n) is 9.48. The lowest BCUT2D eigenvalue weighted by Gasteiger charge is -2.38. The molecule has 2 aliphatic rings. The van der Waals surface area contributed by atoms with Crippen molar-refractivity contribution in [2.45, 2.75) is 77.2 Å². The van der Waals surface area contributed by atoms with Crippen LogP contribution in [0.1, 0.15) is 87.5 Å². The van der Waals surface area contributed by atoms with Gasteiger partial charge >= 0.3 is 0 Å². The Labute approximate surface area is 191 Å². The van der Waals surface area contributed by atoms with Crippen molar-refractivity contribution in [1.82, 2.24) is 0 Å². The Kier molecular flexibility index (Phi) is 7.83. The van der Waals surface area contributed by atoms with E-state index < -0.39 is 11.6 Å². The standard InChI is InChI=1S/C28H36F2O2/c1-3-5-19-6-8-22(9-7-19)25-16-14-23(18-32-25)20-10-12-21(13-11-20)24-15-17-26(31-4-2)28(30)27(24)29/h6-9,15,17,20-21,23,25H,3-5,10-14,16,18H2,1-2H3. The third-order valence-electron chi connectivity index (χ3n) is 7.46. The van der Waals surface area contributed by atoms with Crippen LogP contribution in [0.25, 0.3) is 0 Å².